The van der Waals surface area contributed by atoms with Crippen LogP contribution in [-0.2, 0) is 4.79 Å². The van der Waals surface area contributed by atoms with Crippen LogP contribution in [-0.4, -0.2) is 18.0 Å². The first kappa shape index (κ1) is 18.4. The van der Waals surface area contributed by atoms with Crippen molar-refractivity contribution in [1.29, 1.82) is 0 Å². The van der Waals surface area contributed by atoms with Crippen LogP contribution in [0.25, 0.3) is 0 Å². The number of urea groups is 1. The van der Waals surface area contributed by atoms with Crippen LogP contribution >= 0.6 is 0 Å². The van der Waals surface area contributed by atoms with Crippen molar-refractivity contribution in [3.63, 3.8) is 0 Å². The van der Waals surface area contributed by atoms with Gasteiger partial charge >= 0.3 is 6.03 Å². The molecule has 0 aromatic heterocycles. The first-order valence-electron chi connectivity index (χ1n) is 8.06. The smallest absolute Gasteiger partial charge is 0.319 e. The molecule has 1 unspecified atom stereocenters. The molecule has 0 fully saturated rings. The van der Waals surface area contributed by atoms with Crippen LogP contribution in [0.5, 0.6) is 0 Å². The molecule has 0 saturated heterocycles. The molecule has 3 amide bonds. The Morgan fingerprint density at radius 2 is 1.68 bits per heavy atom. The highest BCUT2D eigenvalue weighted by Gasteiger charge is 2.25. The predicted molar refractivity (Wildman–Crippen MR) is 97.0 cm³/mol. The molecule has 0 saturated carbocycles. The van der Waals surface area contributed by atoms with Crippen LogP contribution < -0.4 is 16.0 Å². The molecule has 0 aliphatic heterocycles. The van der Waals surface area contributed by atoms with Gasteiger partial charge in [-0.25, -0.2) is 9.18 Å². The maximum Gasteiger partial charge on any atom is 0.319 e. The Morgan fingerprint density at radius 3 is 2.28 bits per heavy atom. The van der Waals surface area contributed by atoms with E-state index in [9.17, 15) is 14.0 Å². The number of halogens is 1. The van der Waals surface area contributed by atoms with Crippen LogP contribution in [0.1, 0.15) is 19.4 Å². The van der Waals surface area contributed by atoms with Crippen LogP contribution in [0.3, 0.4) is 0 Å². The van der Waals surface area contributed by atoms with E-state index in [1.807, 2.05) is 6.07 Å². The molecule has 132 valence electrons. The summed E-state index contributed by atoms with van der Waals surface area (Å²) >= 11 is 0. The molecule has 2 rings (SSSR count). The van der Waals surface area contributed by atoms with E-state index in [1.165, 1.54) is 12.1 Å². The van der Waals surface area contributed by atoms with Crippen molar-refractivity contribution in [3.8, 4) is 0 Å². The number of para-hydroxylation sites is 1. The number of nitrogens with one attached hydrogen (secondary N) is 3. The molecule has 0 aliphatic rings. The van der Waals surface area contributed by atoms with Crippen LogP contribution in [0.15, 0.2) is 48.5 Å². The van der Waals surface area contributed by atoms with Gasteiger partial charge in [-0.3, -0.25) is 4.79 Å². The van der Waals surface area contributed by atoms with Crippen LogP contribution in [0, 0.1) is 18.7 Å². The van der Waals surface area contributed by atoms with Gasteiger partial charge in [-0.1, -0.05) is 38.1 Å². The molecule has 6 heteroatoms. The van der Waals surface area contributed by atoms with Crippen molar-refractivity contribution >= 4 is 23.3 Å². The third-order valence-electron chi connectivity index (χ3n) is 3.65. The minimum Gasteiger partial charge on any atom is -0.326 e. The van der Waals surface area contributed by atoms with Gasteiger partial charge in [0.05, 0.1) is 5.69 Å². The normalized spacial score (nSPS) is 11.7. The second-order valence-corrected chi connectivity index (χ2v) is 6.16. The molecule has 0 heterocycles. The third-order valence-corrected chi connectivity index (χ3v) is 3.65. The average Bonchev–Trinajstić information content (AvgIpc) is 2.55. The fourth-order valence-corrected chi connectivity index (χ4v) is 2.30. The van der Waals surface area contributed by atoms with Gasteiger partial charge in [0.1, 0.15) is 11.9 Å². The summed E-state index contributed by atoms with van der Waals surface area (Å²) in [6, 6.07) is 12.2. The summed E-state index contributed by atoms with van der Waals surface area (Å²) in [5, 5.41) is 7.82. The lowest BCUT2D eigenvalue weighted by molar-refractivity contribution is -0.118. The summed E-state index contributed by atoms with van der Waals surface area (Å²) in [5.41, 5.74) is 1.47. The largest absolute Gasteiger partial charge is 0.326 e. The van der Waals surface area contributed by atoms with Crippen LogP contribution in [0.2, 0.25) is 0 Å². The fraction of sp³-hybridized carbons (Fsp3) is 0.263. The Balaban J connectivity index is 2.03. The Kier molecular flexibility index (Phi) is 6.11. The van der Waals surface area contributed by atoms with Gasteiger partial charge < -0.3 is 16.0 Å². The summed E-state index contributed by atoms with van der Waals surface area (Å²) < 4.78 is 13.9. The maximum absolute atomic E-state index is 13.9. The minimum absolute atomic E-state index is 0.0894. The van der Waals surface area contributed by atoms with Crippen molar-refractivity contribution in [2.75, 3.05) is 10.6 Å². The zero-order chi connectivity index (χ0) is 18.4. The molecule has 0 aliphatic carbocycles. The van der Waals surface area contributed by atoms with Crippen molar-refractivity contribution in [1.82, 2.24) is 5.32 Å². The van der Waals surface area contributed by atoms with Crippen molar-refractivity contribution in [2.24, 2.45) is 5.92 Å². The van der Waals surface area contributed by atoms with E-state index in [2.05, 4.69) is 16.0 Å². The van der Waals surface area contributed by atoms with Gasteiger partial charge in [-0.15, -0.1) is 0 Å². The van der Waals surface area contributed by atoms with Gasteiger partial charge in [-0.05, 0) is 42.7 Å². The average molecular weight is 343 g/mol. The third kappa shape index (κ3) is 5.31. The second-order valence-electron chi connectivity index (χ2n) is 6.16. The zero-order valence-electron chi connectivity index (χ0n) is 14.5. The van der Waals surface area contributed by atoms with Gasteiger partial charge in [0, 0.05) is 5.69 Å². The van der Waals surface area contributed by atoms with Gasteiger partial charge in [0.25, 0.3) is 0 Å². The van der Waals surface area contributed by atoms with E-state index in [0.717, 1.165) is 5.56 Å². The zero-order valence-corrected chi connectivity index (χ0v) is 14.5. The molecule has 0 bridgehead atoms. The highest BCUT2D eigenvalue weighted by Crippen LogP contribution is 2.16. The summed E-state index contributed by atoms with van der Waals surface area (Å²) in [4.78, 5) is 24.6. The van der Waals surface area contributed by atoms with E-state index in [4.69, 9.17) is 0 Å². The van der Waals surface area contributed by atoms with Crippen LogP contribution in [0.4, 0.5) is 20.6 Å². The van der Waals surface area contributed by atoms with E-state index in [-0.39, 0.29) is 11.6 Å². The molecule has 0 spiro atoms. The number of anilines is 2. The van der Waals surface area contributed by atoms with Crippen molar-refractivity contribution in [2.45, 2.75) is 26.8 Å². The number of benzene rings is 2. The summed E-state index contributed by atoms with van der Waals surface area (Å²) in [5.74, 6) is -1.15. The van der Waals surface area contributed by atoms with E-state index < -0.39 is 23.8 Å². The number of amides is 3. The monoisotopic (exact) mass is 343 g/mol. The molecule has 2 aromatic carbocycles. The van der Waals surface area contributed by atoms with Crippen molar-refractivity contribution in [3.05, 3.63) is 59.9 Å². The highest BCUT2D eigenvalue weighted by molar-refractivity contribution is 5.99. The van der Waals surface area contributed by atoms with Gasteiger partial charge in [0.2, 0.25) is 5.91 Å². The predicted octanol–water partition coefficient (Wildman–Crippen LogP) is 3.92. The topological polar surface area (TPSA) is 70.2 Å². The molecule has 2 aromatic rings. The standard InChI is InChI=1S/C19H22FN3O2/c1-12(2)17(23-19(25)21-14-7-5-4-6-8-14)18(24)22-16-10-9-13(3)11-15(16)20/h4-12,17H,1-3H3,(H,22,24)(H2,21,23,25). The second kappa shape index (κ2) is 8.28. The fourth-order valence-electron chi connectivity index (χ4n) is 2.30. The minimum atomic E-state index is -0.801. The Bertz CT molecular complexity index is 748. The molecule has 3 N–H and O–H groups in total. The maximum atomic E-state index is 13.9. The Morgan fingerprint density at radius 1 is 1.00 bits per heavy atom. The van der Waals surface area contributed by atoms with Crippen molar-refractivity contribution < 1.29 is 14.0 Å². The SMILES string of the molecule is Cc1ccc(NC(=O)C(NC(=O)Nc2ccccc2)C(C)C)c(F)c1. The molecule has 1 atom stereocenters. The first-order chi connectivity index (χ1) is 11.9. The summed E-state index contributed by atoms with van der Waals surface area (Å²) in [7, 11) is 0. The van der Waals surface area contributed by atoms with Gasteiger partial charge in [-0.2, -0.15) is 0 Å². The molecule has 25 heavy (non-hydrogen) atoms. The van der Waals surface area contributed by atoms with E-state index in [0.29, 0.717) is 5.69 Å². The number of hydrogen-bond donors (Lipinski definition) is 3. The Hall–Kier alpha value is -2.89. The first-order valence-corrected chi connectivity index (χ1v) is 8.06. The summed E-state index contributed by atoms with van der Waals surface area (Å²) in [6.45, 7) is 5.37. The number of hydrogen-bond acceptors (Lipinski definition) is 2. The number of aryl methyl sites for hydroxylation is 1. The van der Waals surface area contributed by atoms with Gasteiger partial charge in [0.15, 0.2) is 0 Å². The quantitative estimate of drug-likeness (QED) is 0.770. The molecular formula is C19H22FN3O2. The molecular weight excluding hydrogens is 321 g/mol. The van der Waals surface area contributed by atoms with E-state index >= 15 is 0 Å². The molecule has 5 nitrogen and oxygen atoms in total. The highest BCUT2D eigenvalue weighted by atomic mass is 19.1. The molecule has 0 radical (unpaired) electrons. The number of carbonyl (C=O) groups excluding carboxylic acids is 2. The lowest BCUT2D eigenvalue weighted by Gasteiger charge is -2.22. The lowest BCUT2D eigenvalue weighted by atomic mass is 10.0. The van der Waals surface area contributed by atoms with E-state index in [1.54, 1.807) is 51.1 Å². The number of rotatable bonds is 5. The summed E-state index contributed by atoms with van der Waals surface area (Å²) in [6.07, 6.45) is 0. The Labute approximate surface area is 146 Å². The lowest BCUT2D eigenvalue weighted by Crippen LogP contribution is -2.48. The number of carbonyl (C=O) groups is 2.